The van der Waals surface area contributed by atoms with E-state index in [1.54, 1.807) is 29.9 Å². The summed E-state index contributed by atoms with van der Waals surface area (Å²) in [5.74, 6) is 0.916. The van der Waals surface area contributed by atoms with Crippen LogP contribution in [0.3, 0.4) is 0 Å². The van der Waals surface area contributed by atoms with Crippen LogP contribution in [0, 0.1) is 0 Å². The fourth-order valence-corrected chi connectivity index (χ4v) is 4.76. The van der Waals surface area contributed by atoms with E-state index in [0.29, 0.717) is 62.4 Å². The highest BCUT2D eigenvalue weighted by molar-refractivity contribution is 7.98. The van der Waals surface area contributed by atoms with Gasteiger partial charge < -0.3 is 9.72 Å². The summed E-state index contributed by atoms with van der Waals surface area (Å²) in [6.45, 7) is 1.02. The molecule has 1 aromatic carbocycles. The summed E-state index contributed by atoms with van der Waals surface area (Å²) in [7, 11) is 1.63. The molecule has 0 saturated heterocycles. The van der Waals surface area contributed by atoms with Gasteiger partial charge >= 0.3 is 0 Å². The van der Waals surface area contributed by atoms with Crippen molar-refractivity contribution in [1.29, 1.82) is 0 Å². The van der Waals surface area contributed by atoms with E-state index in [4.69, 9.17) is 16.3 Å². The molecule has 0 spiro atoms. The normalized spacial score (nSPS) is 11.5. The van der Waals surface area contributed by atoms with E-state index in [1.807, 2.05) is 11.4 Å². The summed E-state index contributed by atoms with van der Waals surface area (Å²) in [4.78, 5) is 37.1. The third kappa shape index (κ3) is 4.23. The van der Waals surface area contributed by atoms with Gasteiger partial charge in [-0.1, -0.05) is 23.4 Å². The molecule has 3 heterocycles. The molecule has 29 heavy (non-hydrogen) atoms. The molecule has 0 aliphatic rings. The number of thioether (sulfide) groups is 1. The van der Waals surface area contributed by atoms with Gasteiger partial charge in [0.15, 0.2) is 5.16 Å². The van der Waals surface area contributed by atoms with Gasteiger partial charge in [0.2, 0.25) is 0 Å². The third-order valence-electron chi connectivity index (χ3n) is 4.31. The molecular formula is C19H17ClN4O3S2. The standard InChI is InChI=1S/C19H17ClN4O3S2/c1-27-7-2-6-24-18(26)12-4-3-11(20)9-14(12)22-19(24)29-10-15-21-13-5-8-28-16(13)17(25)23-15/h3-5,8-9H,2,6-7,10H2,1H3,(H,21,23,25). The number of nitrogens with zero attached hydrogens (tertiary/aromatic N) is 3. The van der Waals surface area contributed by atoms with Crippen LogP contribution in [0.15, 0.2) is 44.4 Å². The number of aromatic amines is 1. The predicted molar refractivity (Wildman–Crippen MR) is 117 cm³/mol. The van der Waals surface area contributed by atoms with E-state index in [1.165, 1.54) is 23.1 Å². The van der Waals surface area contributed by atoms with Crippen molar-refractivity contribution in [3.05, 3.63) is 61.2 Å². The average molecular weight is 449 g/mol. The van der Waals surface area contributed by atoms with Crippen LogP contribution in [0.2, 0.25) is 5.02 Å². The van der Waals surface area contributed by atoms with E-state index in [-0.39, 0.29) is 11.1 Å². The van der Waals surface area contributed by atoms with Crippen molar-refractivity contribution < 1.29 is 4.74 Å². The van der Waals surface area contributed by atoms with Gasteiger partial charge in [0, 0.05) is 25.3 Å². The van der Waals surface area contributed by atoms with Crippen molar-refractivity contribution >= 4 is 55.8 Å². The van der Waals surface area contributed by atoms with Crippen LogP contribution < -0.4 is 11.1 Å². The molecule has 4 aromatic rings. The van der Waals surface area contributed by atoms with Crippen LogP contribution in [-0.2, 0) is 17.0 Å². The second-order valence-electron chi connectivity index (χ2n) is 6.30. The monoisotopic (exact) mass is 448 g/mol. The van der Waals surface area contributed by atoms with Crippen LogP contribution in [-0.4, -0.2) is 33.2 Å². The molecular weight excluding hydrogens is 432 g/mol. The Hall–Kier alpha value is -2.20. The van der Waals surface area contributed by atoms with Crippen LogP contribution >= 0.6 is 34.7 Å². The van der Waals surface area contributed by atoms with Gasteiger partial charge in [-0.2, -0.15) is 0 Å². The first-order valence-electron chi connectivity index (χ1n) is 8.85. The van der Waals surface area contributed by atoms with Crippen LogP contribution in [0.4, 0.5) is 0 Å². The van der Waals surface area contributed by atoms with Crippen molar-refractivity contribution in [3.63, 3.8) is 0 Å². The maximum atomic E-state index is 13.0. The zero-order chi connectivity index (χ0) is 20.4. The molecule has 7 nitrogen and oxygen atoms in total. The van der Waals surface area contributed by atoms with Gasteiger partial charge in [-0.3, -0.25) is 14.2 Å². The fourth-order valence-electron chi connectivity index (χ4n) is 2.97. The average Bonchev–Trinajstić information content (AvgIpc) is 3.17. The number of aromatic nitrogens is 4. The number of H-pyrrole nitrogens is 1. The molecule has 0 unspecified atom stereocenters. The molecule has 0 radical (unpaired) electrons. The van der Waals surface area contributed by atoms with Crippen LogP contribution in [0.5, 0.6) is 0 Å². The largest absolute Gasteiger partial charge is 0.385 e. The Labute approximate surface area is 178 Å². The molecule has 0 saturated carbocycles. The molecule has 10 heteroatoms. The highest BCUT2D eigenvalue weighted by Gasteiger charge is 2.13. The Balaban J connectivity index is 1.70. The Kier molecular flexibility index (Phi) is 6.00. The highest BCUT2D eigenvalue weighted by atomic mass is 35.5. The molecule has 3 aromatic heterocycles. The summed E-state index contributed by atoms with van der Waals surface area (Å²) < 4.78 is 7.36. The molecule has 150 valence electrons. The van der Waals surface area contributed by atoms with Gasteiger partial charge in [0.1, 0.15) is 10.5 Å². The Morgan fingerprint density at radius 1 is 1.24 bits per heavy atom. The minimum absolute atomic E-state index is 0.125. The van der Waals surface area contributed by atoms with E-state index in [9.17, 15) is 9.59 Å². The van der Waals surface area contributed by atoms with E-state index < -0.39 is 0 Å². The number of thiophene rings is 1. The third-order valence-corrected chi connectivity index (χ3v) is 6.44. The Morgan fingerprint density at radius 3 is 2.93 bits per heavy atom. The summed E-state index contributed by atoms with van der Waals surface area (Å²) >= 11 is 8.79. The lowest BCUT2D eigenvalue weighted by Crippen LogP contribution is -2.24. The number of rotatable bonds is 7. The lowest BCUT2D eigenvalue weighted by Gasteiger charge is -2.13. The molecule has 0 fully saturated rings. The number of nitrogens with one attached hydrogen (secondary N) is 1. The van der Waals surface area contributed by atoms with E-state index >= 15 is 0 Å². The maximum absolute atomic E-state index is 13.0. The predicted octanol–water partition coefficient (Wildman–Crippen LogP) is 3.68. The van der Waals surface area contributed by atoms with Crippen molar-refractivity contribution in [3.8, 4) is 0 Å². The summed E-state index contributed by atoms with van der Waals surface area (Å²) in [5.41, 5.74) is 0.934. The fraction of sp³-hybridized carbons (Fsp3) is 0.263. The SMILES string of the molecule is COCCCn1c(SCc2nc3ccsc3c(=O)[nH]2)nc2cc(Cl)ccc2c1=O. The number of fused-ring (bicyclic) bond motifs is 2. The molecule has 1 N–H and O–H groups in total. The molecule has 0 aliphatic heterocycles. The van der Waals surface area contributed by atoms with Crippen molar-refractivity contribution in [2.24, 2.45) is 0 Å². The van der Waals surface area contributed by atoms with Gasteiger partial charge in [-0.25, -0.2) is 9.97 Å². The number of halogens is 1. The number of hydrogen-bond donors (Lipinski definition) is 1. The first-order valence-corrected chi connectivity index (χ1v) is 11.1. The van der Waals surface area contributed by atoms with Gasteiger partial charge in [-0.15, -0.1) is 11.3 Å². The molecule has 0 amide bonds. The second-order valence-corrected chi connectivity index (χ2v) is 8.59. The number of methoxy groups -OCH3 is 1. The quantitative estimate of drug-likeness (QED) is 0.263. The van der Waals surface area contributed by atoms with Crippen LogP contribution in [0.25, 0.3) is 21.1 Å². The lowest BCUT2D eigenvalue weighted by molar-refractivity contribution is 0.189. The first kappa shape index (κ1) is 20.1. The van der Waals surface area contributed by atoms with Crippen molar-refractivity contribution in [2.45, 2.75) is 23.9 Å². The molecule has 0 atom stereocenters. The zero-order valence-corrected chi connectivity index (χ0v) is 17.9. The van der Waals surface area contributed by atoms with Crippen molar-refractivity contribution in [2.75, 3.05) is 13.7 Å². The number of ether oxygens (including phenoxy) is 1. The van der Waals surface area contributed by atoms with E-state index in [2.05, 4.69) is 15.0 Å². The topological polar surface area (TPSA) is 89.9 Å². The first-order chi connectivity index (χ1) is 14.1. The van der Waals surface area contributed by atoms with E-state index in [0.717, 1.165) is 0 Å². The molecule has 0 aliphatic carbocycles. The minimum Gasteiger partial charge on any atom is -0.385 e. The summed E-state index contributed by atoms with van der Waals surface area (Å²) in [6, 6.07) is 6.88. The second kappa shape index (κ2) is 8.66. The Morgan fingerprint density at radius 2 is 2.10 bits per heavy atom. The van der Waals surface area contributed by atoms with Gasteiger partial charge in [-0.05, 0) is 36.1 Å². The lowest BCUT2D eigenvalue weighted by atomic mass is 10.2. The smallest absolute Gasteiger partial charge is 0.268 e. The minimum atomic E-state index is -0.156. The maximum Gasteiger partial charge on any atom is 0.268 e. The summed E-state index contributed by atoms with van der Waals surface area (Å²) in [5, 5.41) is 3.43. The molecule has 0 bridgehead atoms. The van der Waals surface area contributed by atoms with Gasteiger partial charge in [0.05, 0.1) is 22.2 Å². The number of benzene rings is 1. The number of hydrogen-bond acceptors (Lipinski definition) is 7. The summed E-state index contributed by atoms with van der Waals surface area (Å²) in [6.07, 6.45) is 0.681. The van der Waals surface area contributed by atoms with Crippen LogP contribution in [0.1, 0.15) is 12.2 Å². The molecule has 4 rings (SSSR count). The van der Waals surface area contributed by atoms with Crippen molar-refractivity contribution in [1.82, 2.24) is 19.5 Å². The highest BCUT2D eigenvalue weighted by Crippen LogP contribution is 2.23. The van der Waals surface area contributed by atoms with Gasteiger partial charge in [0.25, 0.3) is 11.1 Å². The zero-order valence-electron chi connectivity index (χ0n) is 15.5. The Bertz CT molecular complexity index is 1300.